The third kappa shape index (κ3) is 2.13. The minimum atomic E-state index is -4.43. The third-order valence-corrected chi connectivity index (χ3v) is 4.92. The molecule has 0 saturated heterocycles. The lowest BCUT2D eigenvalue weighted by molar-refractivity contribution is -0.141. The molecular formula is C14H13F3N2S. The van der Waals surface area contributed by atoms with E-state index in [1.54, 1.807) is 0 Å². The predicted molar refractivity (Wildman–Crippen MR) is 71.5 cm³/mol. The Bertz CT molecular complexity index is 615. The van der Waals surface area contributed by atoms with Crippen molar-refractivity contribution in [3.05, 3.63) is 51.5 Å². The maximum absolute atomic E-state index is 12.9. The molecule has 1 fully saturated rings. The molecule has 0 aliphatic heterocycles. The molecule has 20 heavy (non-hydrogen) atoms. The summed E-state index contributed by atoms with van der Waals surface area (Å²) in [5.41, 5.74) is 5.32. The molecule has 0 spiro atoms. The number of hydrogen-bond acceptors (Lipinski definition) is 3. The fourth-order valence-corrected chi connectivity index (χ4v) is 3.65. The molecule has 0 amide bonds. The van der Waals surface area contributed by atoms with E-state index in [4.69, 9.17) is 5.73 Å². The minimum Gasteiger partial charge on any atom is -0.326 e. The van der Waals surface area contributed by atoms with Gasteiger partial charge in [-0.25, -0.2) is 4.98 Å². The van der Waals surface area contributed by atoms with Gasteiger partial charge in [0.1, 0.15) is 5.01 Å². The van der Waals surface area contributed by atoms with Gasteiger partial charge < -0.3 is 5.73 Å². The van der Waals surface area contributed by atoms with Crippen LogP contribution in [0.1, 0.15) is 34.0 Å². The second-order valence-corrected chi connectivity index (χ2v) is 6.02. The summed E-state index contributed by atoms with van der Waals surface area (Å²) in [6.07, 6.45) is -2.76. The number of alkyl halides is 3. The zero-order chi connectivity index (χ0) is 14.4. The number of aromatic nitrogens is 1. The summed E-state index contributed by atoms with van der Waals surface area (Å²) in [6.45, 7) is -0.128. The number of nitrogens with zero attached hydrogens (tertiary/aromatic N) is 1. The first-order valence-corrected chi connectivity index (χ1v) is 7.12. The van der Waals surface area contributed by atoms with Gasteiger partial charge in [-0.05, 0) is 18.4 Å². The molecule has 0 unspecified atom stereocenters. The van der Waals surface area contributed by atoms with Gasteiger partial charge in [-0.2, -0.15) is 13.2 Å². The van der Waals surface area contributed by atoms with Crippen molar-refractivity contribution < 1.29 is 13.2 Å². The Morgan fingerprint density at radius 3 is 2.30 bits per heavy atom. The topological polar surface area (TPSA) is 38.9 Å². The lowest BCUT2D eigenvalue weighted by Gasteiger charge is -2.12. The molecule has 0 radical (unpaired) electrons. The molecule has 1 heterocycles. The molecule has 3 rings (SSSR count). The van der Waals surface area contributed by atoms with Crippen LogP contribution in [0.5, 0.6) is 0 Å². The molecule has 1 aliphatic rings. The molecule has 0 bridgehead atoms. The number of benzene rings is 1. The first-order chi connectivity index (χ1) is 9.47. The Morgan fingerprint density at radius 2 is 1.85 bits per heavy atom. The zero-order valence-electron chi connectivity index (χ0n) is 10.6. The Kier molecular flexibility index (Phi) is 3.10. The van der Waals surface area contributed by atoms with E-state index in [9.17, 15) is 13.2 Å². The molecule has 106 valence electrons. The monoisotopic (exact) mass is 298 g/mol. The summed E-state index contributed by atoms with van der Waals surface area (Å²) in [4.78, 5) is 4.00. The molecule has 2 N–H and O–H groups in total. The second-order valence-electron chi connectivity index (χ2n) is 4.94. The van der Waals surface area contributed by atoms with Crippen molar-refractivity contribution in [2.24, 2.45) is 5.73 Å². The Balaban J connectivity index is 2.06. The van der Waals surface area contributed by atoms with Crippen LogP contribution in [0.3, 0.4) is 0 Å². The van der Waals surface area contributed by atoms with Crippen LogP contribution in [0.15, 0.2) is 30.3 Å². The molecular weight excluding hydrogens is 285 g/mol. The van der Waals surface area contributed by atoms with Gasteiger partial charge in [-0.3, -0.25) is 0 Å². The number of rotatable bonds is 3. The molecule has 2 aromatic rings. The number of hydrogen-bond donors (Lipinski definition) is 1. The van der Waals surface area contributed by atoms with Crippen LogP contribution in [0.4, 0.5) is 13.2 Å². The van der Waals surface area contributed by atoms with Gasteiger partial charge in [0.2, 0.25) is 0 Å². The standard InChI is InChI=1S/C14H13F3N2S/c15-14(16,17)11-10(8-18)20-12(19-11)13(6-7-13)9-4-2-1-3-5-9/h1-5H,6-8,18H2. The van der Waals surface area contributed by atoms with Gasteiger partial charge in [0.15, 0.2) is 5.69 Å². The van der Waals surface area contributed by atoms with Crippen LogP contribution >= 0.6 is 11.3 Å². The van der Waals surface area contributed by atoms with E-state index in [1.807, 2.05) is 30.3 Å². The largest absolute Gasteiger partial charge is 0.434 e. The van der Waals surface area contributed by atoms with Crippen molar-refractivity contribution in [3.63, 3.8) is 0 Å². The minimum absolute atomic E-state index is 0.120. The summed E-state index contributed by atoms with van der Waals surface area (Å²) < 4.78 is 38.8. The van der Waals surface area contributed by atoms with E-state index >= 15 is 0 Å². The SMILES string of the molecule is NCc1sc(C2(c3ccccc3)CC2)nc1C(F)(F)F. The highest BCUT2D eigenvalue weighted by Gasteiger charge is 2.50. The maximum atomic E-state index is 12.9. The average Bonchev–Trinajstić information content (AvgIpc) is 3.11. The Hall–Kier alpha value is -1.40. The molecule has 1 aromatic heterocycles. The molecule has 1 aliphatic carbocycles. The molecule has 2 nitrogen and oxygen atoms in total. The van der Waals surface area contributed by atoms with E-state index in [-0.39, 0.29) is 16.8 Å². The highest BCUT2D eigenvalue weighted by atomic mass is 32.1. The summed E-state index contributed by atoms with van der Waals surface area (Å²) >= 11 is 1.09. The van der Waals surface area contributed by atoms with Crippen molar-refractivity contribution in [2.45, 2.75) is 31.0 Å². The van der Waals surface area contributed by atoms with Crippen molar-refractivity contribution in [3.8, 4) is 0 Å². The quantitative estimate of drug-likeness (QED) is 0.938. The van der Waals surface area contributed by atoms with Crippen LogP contribution in [0.25, 0.3) is 0 Å². The Labute approximate surface area is 118 Å². The summed E-state index contributed by atoms with van der Waals surface area (Å²) in [7, 11) is 0. The number of nitrogens with two attached hydrogens (primary N) is 1. The highest BCUT2D eigenvalue weighted by molar-refractivity contribution is 7.12. The van der Waals surface area contributed by atoms with Crippen LogP contribution in [-0.4, -0.2) is 4.98 Å². The average molecular weight is 298 g/mol. The van der Waals surface area contributed by atoms with Gasteiger partial charge in [0, 0.05) is 12.0 Å². The van der Waals surface area contributed by atoms with Crippen LogP contribution in [-0.2, 0) is 18.1 Å². The van der Waals surface area contributed by atoms with Crippen molar-refractivity contribution >= 4 is 11.3 Å². The van der Waals surface area contributed by atoms with E-state index in [2.05, 4.69) is 4.98 Å². The number of thiazole rings is 1. The van der Waals surface area contributed by atoms with Gasteiger partial charge in [0.05, 0.1) is 4.88 Å². The highest BCUT2D eigenvalue weighted by Crippen LogP contribution is 2.55. The van der Waals surface area contributed by atoms with Gasteiger partial charge >= 0.3 is 6.18 Å². The van der Waals surface area contributed by atoms with Crippen LogP contribution < -0.4 is 5.73 Å². The first kappa shape index (κ1) is 13.6. The van der Waals surface area contributed by atoms with Crippen LogP contribution in [0.2, 0.25) is 0 Å². The molecule has 6 heteroatoms. The predicted octanol–water partition coefficient (Wildman–Crippen LogP) is 3.70. The van der Waals surface area contributed by atoms with Crippen molar-refractivity contribution in [1.29, 1.82) is 0 Å². The van der Waals surface area contributed by atoms with Gasteiger partial charge in [-0.1, -0.05) is 30.3 Å². The van der Waals surface area contributed by atoms with E-state index in [0.29, 0.717) is 5.01 Å². The maximum Gasteiger partial charge on any atom is 0.434 e. The lowest BCUT2D eigenvalue weighted by atomic mass is 9.97. The van der Waals surface area contributed by atoms with Crippen molar-refractivity contribution in [1.82, 2.24) is 4.98 Å². The second kappa shape index (κ2) is 4.56. The van der Waals surface area contributed by atoms with Crippen molar-refractivity contribution in [2.75, 3.05) is 0 Å². The zero-order valence-corrected chi connectivity index (χ0v) is 11.4. The van der Waals surface area contributed by atoms with E-state index < -0.39 is 11.9 Å². The van der Waals surface area contributed by atoms with Crippen LogP contribution in [0, 0.1) is 0 Å². The Morgan fingerprint density at radius 1 is 1.20 bits per heavy atom. The smallest absolute Gasteiger partial charge is 0.326 e. The molecule has 1 saturated carbocycles. The summed E-state index contributed by atoms with van der Waals surface area (Å²) in [5, 5.41) is 0.538. The molecule has 0 atom stereocenters. The van der Waals surface area contributed by atoms with E-state index in [0.717, 1.165) is 29.7 Å². The lowest BCUT2D eigenvalue weighted by Crippen LogP contribution is -2.12. The summed E-state index contributed by atoms with van der Waals surface area (Å²) in [6, 6.07) is 9.59. The number of halogens is 3. The van der Waals surface area contributed by atoms with Gasteiger partial charge in [-0.15, -0.1) is 11.3 Å². The molecule has 1 aromatic carbocycles. The normalized spacial score (nSPS) is 17.2. The fraction of sp³-hybridized carbons (Fsp3) is 0.357. The summed E-state index contributed by atoms with van der Waals surface area (Å²) in [5.74, 6) is 0. The van der Waals surface area contributed by atoms with E-state index in [1.165, 1.54) is 0 Å². The first-order valence-electron chi connectivity index (χ1n) is 6.30. The van der Waals surface area contributed by atoms with Gasteiger partial charge in [0.25, 0.3) is 0 Å². The third-order valence-electron chi connectivity index (χ3n) is 3.64. The fourth-order valence-electron chi connectivity index (χ4n) is 2.42.